The number of rotatable bonds is 5. The maximum Gasteiger partial charge on any atom is 0.191 e. The Labute approximate surface area is 132 Å². The molecule has 0 aliphatic rings. The highest BCUT2D eigenvalue weighted by atomic mass is 35.5. The van der Waals surface area contributed by atoms with Crippen LogP contribution < -0.4 is 10.6 Å². The first-order valence-electron chi connectivity index (χ1n) is 6.02. The molecule has 4 nitrogen and oxygen atoms in total. The van der Waals surface area contributed by atoms with E-state index in [9.17, 15) is 0 Å². The number of thioether (sulfide) groups is 1. The molecule has 0 atom stereocenters. The predicted molar refractivity (Wildman–Crippen MR) is 87.7 cm³/mol. The lowest BCUT2D eigenvalue weighted by Crippen LogP contribution is -2.03. The molecule has 7 heteroatoms. The molecule has 0 unspecified atom stereocenters. The highest BCUT2D eigenvalue weighted by Gasteiger charge is 2.08. The third-order valence-electron chi connectivity index (χ3n) is 2.46. The molecular weight excluding hydrogens is 315 g/mol. The van der Waals surface area contributed by atoms with E-state index in [2.05, 4.69) is 20.6 Å². The lowest BCUT2D eigenvalue weighted by atomic mass is 10.3. The van der Waals surface area contributed by atoms with Crippen LogP contribution in [0.5, 0.6) is 0 Å². The Morgan fingerprint density at radius 1 is 1.20 bits per heavy atom. The monoisotopic (exact) mass is 328 g/mol. The summed E-state index contributed by atoms with van der Waals surface area (Å²) in [4.78, 5) is 8.76. The maximum absolute atomic E-state index is 6.16. The van der Waals surface area contributed by atoms with Crippen molar-refractivity contribution < 1.29 is 0 Å². The van der Waals surface area contributed by atoms with Crippen LogP contribution in [0.3, 0.4) is 0 Å². The Bertz CT molecular complexity index is 607. The van der Waals surface area contributed by atoms with Gasteiger partial charge in [-0.05, 0) is 25.3 Å². The molecule has 0 aliphatic carbocycles. The summed E-state index contributed by atoms with van der Waals surface area (Å²) in [7, 11) is 0. The summed E-state index contributed by atoms with van der Waals surface area (Å²) in [5.74, 6) is 1.44. The molecule has 0 bridgehead atoms. The van der Waals surface area contributed by atoms with Crippen molar-refractivity contribution in [1.82, 2.24) is 9.97 Å². The van der Waals surface area contributed by atoms with Gasteiger partial charge >= 0.3 is 0 Å². The van der Waals surface area contributed by atoms with E-state index in [1.807, 2.05) is 31.4 Å². The van der Waals surface area contributed by atoms with Gasteiger partial charge in [-0.25, -0.2) is 9.97 Å². The minimum atomic E-state index is 0.475. The fourth-order valence-corrected chi connectivity index (χ4v) is 2.32. The average molecular weight is 329 g/mol. The van der Waals surface area contributed by atoms with E-state index in [0.717, 1.165) is 12.4 Å². The van der Waals surface area contributed by atoms with Crippen LogP contribution in [0.25, 0.3) is 0 Å². The molecule has 1 heterocycles. The summed E-state index contributed by atoms with van der Waals surface area (Å²) >= 11 is 13.6. The Morgan fingerprint density at radius 2 is 1.95 bits per heavy atom. The topological polar surface area (TPSA) is 49.8 Å². The van der Waals surface area contributed by atoms with Gasteiger partial charge in [0.2, 0.25) is 0 Å². The highest BCUT2D eigenvalue weighted by molar-refractivity contribution is 7.98. The van der Waals surface area contributed by atoms with Crippen molar-refractivity contribution in [1.29, 1.82) is 0 Å². The summed E-state index contributed by atoms with van der Waals surface area (Å²) < 4.78 is 0. The minimum absolute atomic E-state index is 0.475. The van der Waals surface area contributed by atoms with Gasteiger partial charge in [0.15, 0.2) is 5.16 Å². The number of nitrogens with one attached hydrogen (secondary N) is 2. The molecule has 106 valence electrons. The Kier molecular flexibility index (Phi) is 5.34. The molecule has 0 saturated heterocycles. The molecule has 2 N–H and O–H groups in total. The van der Waals surface area contributed by atoms with Gasteiger partial charge in [0.05, 0.1) is 15.7 Å². The third kappa shape index (κ3) is 3.69. The highest BCUT2D eigenvalue weighted by Crippen LogP contribution is 2.31. The van der Waals surface area contributed by atoms with E-state index in [0.29, 0.717) is 26.7 Å². The second-order valence-corrected chi connectivity index (χ2v) is 5.44. The van der Waals surface area contributed by atoms with E-state index in [1.165, 1.54) is 11.8 Å². The molecular formula is C13H14Cl2N4S. The van der Waals surface area contributed by atoms with Crippen LogP contribution in [0.15, 0.2) is 29.4 Å². The molecule has 20 heavy (non-hydrogen) atoms. The average Bonchev–Trinajstić information content (AvgIpc) is 2.44. The molecule has 0 spiro atoms. The standard InChI is InChI=1S/C13H14Cl2N4S/c1-3-16-10-7-11(19-13(18-10)20-2)17-9-6-4-5-8(14)12(9)15/h4-7H,3H2,1-2H3,(H2,16,17,18,19). The summed E-state index contributed by atoms with van der Waals surface area (Å²) in [5, 5.41) is 8.00. The molecule has 1 aromatic heterocycles. The van der Waals surface area contributed by atoms with Crippen molar-refractivity contribution in [2.75, 3.05) is 23.4 Å². The van der Waals surface area contributed by atoms with E-state index in [1.54, 1.807) is 6.07 Å². The number of hydrogen-bond donors (Lipinski definition) is 2. The number of halogens is 2. The number of benzene rings is 1. The van der Waals surface area contributed by atoms with Crippen molar-refractivity contribution in [2.24, 2.45) is 0 Å². The molecule has 2 aromatic rings. The van der Waals surface area contributed by atoms with Crippen molar-refractivity contribution >= 4 is 52.3 Å². The van der Waals surface area contributed by atoms with Gasteiger partial charge in [-0.3, -0.25) is 0 Å². The summed E-state index contributed by atoms with van der Waals surface area (Å²) in [6.07, 6.45) is 1.93. The van der Waals surface area contributed by atoms with E-state index in [-0.39, 0.29) is 0 Å². The second-order valence-electron chi connectivity index (χ2n) is 3.88. The quantitative estimate of drug-likeness (QED) is 0.616. The first-order chi connectivity index (χ1) is 9.63. The summed E-state index contributed by atoms with van der Waals surface area (Å²) in [6.45, 7) is 2.81. The van der Waals surface area contributed by atoms with Gasteiger partial charge in [0, 0.05) is 12.6 Å². The van der Waals surface area contributed by atoms with Gasteiger partial charge in [-0.1, -0.05) is 41.0 Å². The van der Waals surface area contributed by atoms with Crippen LogP contribution in [0.2, 0.25) is 10.0 Å². The first-order valence-corrected chi connectivity index (χ1v) is 8.00. The zero-order valence-electron chi connectivity index (χ0n) is 11.1. The predicted octanol–water partition coefficient (Wildman–Crippen LogP) is 4.68. The van der Waals surface area contributed by atoms with Crippen LogP contribution in [0, 0.1) is 0 Å². The van der Waals surface area contributed by atoms with Crippen LogP contribution in [0.4, 0.5) is 17.3 Å². The zero-order valence-corrected chi connectivity index (χ0v) is 13.4. The lowest BCUT2D eigenvalue weighted by molar-refractivity contribution is 0.967. The van der Waals surface area contributed by atoms with E-state index in [4.69, 9.17) is 23.2 Å². The lowest BCUT2D eigenvalue weighted by Gasteiger charge is -2.11. The van der Waals surface area contributed by atoms with Crippen LogP contribution in [-0.2, 0) is 0 Å². The second kappa shape index (κ2) is 7.02. The zero-order chi connectivity index (χ0) is 14.5. The van der Waals surface area contributed by atoms with Crippen LogP contribution in [0.1, 0.15) is 6.92 Å². The number of nitrogens with zero attached hydrogens (tertiary/aromatic N) is 2. The van der Waals surface area contributed by atoms with Crippen molar-refractivity contribution in [3.63, 3.8) is 0 Å². The third-order valence-corrected chi connectivity index (χ3v) is 3.83. The van der Waals surface area contributed by atoms with Gasteiger partial charge in [0.25, 0.3) is 0 Å². The first kappa shape index (κ1) is 15.2. The summed E-state index contributed by atoms with van der Waals surface area (Å²) in [6, 6.07) is 7.26. The molecule has 2 rings (SSSR count). The van der Waals surface area contributed by atoms with Crippen LogP contribution in [-0.4, -0.2) is 22.8 Å². The maximum atomic E-state index is 6.16. The Hall–Kier alpha value is -1.17. The van der Waals surface area contributed by atoms with Gasteiger partial charge in [-0.2, -0.15) is 0 Å². The molecule has 0 aliphatic heterocycles. The molecule has 0 amide bonds. The number of hydrogen-bond acceptors (Lipinski definition) is 5. The number of aromatic nitrogens is 2. The smallest absolute Gasteiger partial charge is 0.191 e. The SMILES string of the molecule is CCNc1cc(Nc2cccc(Cl)c2Cl)nc(SC)n1. The van der Waals surface area contributed by atoms with Gasteiger partial charge in [0.1, 0.15) is 11.6 Å². The van der Waals surface area contributed by atoms with Crippen molar-refractivity contribution in [2.45, 2.75) is 12.1 Å². The molecule has 1 aromatic carbocycles. The molecule has 0 saturated carbocycles. The van der Waals surface area contributed by atoms with Crippen LogP contribution >= 0.6 is 35.0 Å². The Morgan fingerprint density at radius 3 is 2.65 bits per heavy atom. The minimum Gasteiger partial charge on any atom is -0.370 e. The fraction of sp³-hybridized carbons (Fsp3) is 0.231. The normalized spacial score (nSPS) is 10.4. The largest absolute Gasteiger partial charge is 0.370 e. The van der Waals surface area contributed by atoms with Crippen molar-refractivity contribution in [3.05, 3.63) is 34.3 Å². The molecule has 0 fully saturated rings. The Balaban J connectivity index is 2.32. The fourth-order valence-electron chi connectivity index (χ4n) is 1.59. The number of anilines is 3. The summed E-state index contributed by atoms with van der Waals surface area (Å²) in [5.41, 5.74) is 0.715. The van der Waals surface area contributed by atoms with E-state index >= 15 is 0 Å². The van der Waals surface area contributed by atoms with Gasteiger partial charge in [-0.15, -0.1) is 0 Å². The van der Waals surface area contributed by atoms with E-state index < -0.39 is 0 Å². The molecule has 0 radical (unpaired) electrons. The van der Waals surface area contributed by atoms with Crippen molar-refractivity contribution in [3.8, 4) is 0 Å². The van der Waals surface area contributed by atoms with Gasteiger partial charge < -0.3 is 10.6 Å².